The molecule has 86 valence electrons. The quantitative estimate of drug-likeness (QED) is 0.573. The van der Waals surface area contributed by atoms with Gasteiger partial charge in [0.05, 0.1) is 0 Å². The molecule has 0 saturated heterocycles. The molecule has 0 atom stereocenters. The van der Waals surface area contributed by atoms with Crippen LogP contribution in [-0.4, -0.2) is 23.2 Å². The van der Waals surface area contributed by atoms with E-state index in [2.05, 4.69) is 6.58 Å². The molecule has 0 aliphatic rings. The molecule has 2 nitrogen and oxygen atoms in total. The fraction of sp³-hybridized carbons (Fsp3) is 0.250. The van der Waals surface area contributed by atoms with Gasteiger partial charge in [-0.15, -0.1) is 18.2 Å². The number of hydrogen-bond acceptors (Lipinski definition) is 1. The van der Waals surface area contributed by atoms with Crippen molar-refractivity contribution < 1.29 is 9.18 Å². The molecule has 0 N–H and O–H groups in total. The average Bonchev–Trinajstić information content (AvgIpc) is 2.30. The number of halogens is 2. The lowest BCUT2D eigenvalue weighted by molar-refractivity contribution is -0.128. The normalized spacial score (nSPS) is 9.88. The molecule has 4 heteroatoms. The fourth-order valence-corrected chi connectivity index (χ4v) is 1.47. The van der Waals surface area contributed by atoms with Gasteiger partial charge in [0.2, 0.25) is 5.91 Å². The summed E-state index contributed by atoms with van der Waals surface area (Å²) in [5, 5.41) is 0. The summed E-state index contributed by atoms with van der Waals surface area (Å²) in [6.45, 7) is 4.42. The third-order valence-electron chi connectivity index (χ3n) is 2.10. The number of hydrogen-bond donors (Lipinski definition) is 0. The first-order valence-corrected chi connectivity index (χ1v) is 5.40. The zero-order chi connectivity index (χ0) is 12.0. The predicted octanol–water partition coefficient (Wildman–Crippen LogP) is 2.58. The number of carbonyl (C=O) groups is 1. The average molecular weight is 242 g/mol. The predicted molar refractivity (Wildman–Crippen MR) is 62.7 cm³/mol. The summed E-state index contributed by atoms with van der Waals surface area (Å²) in [5.41, 5.74) is 0.863. The minimum Gasteiger partial charge on any atom is -0.334 e. The van der Waals surface area contributed by atoms with E-state index in [0.717, 1.165) is 5.56 Å². The number of rotatable bonds is 5. The van der Waals surface area contributed by atoms with Gasteiger partial charge in [-0.05, 0) is 17.7 Å². The maximum absolute atomic E-state index is 12.7. The first-order chi connectivity index (χ1) is 7.67. The van der Waals surface area contributed by atoms with E-state index in [1.165, 1.54) is 12.1 Å². The molecule has 0 fully saturated rings. The minimum absolute atomic E-state index is 0.0605. The molecule has 1 aromatic rings. The summed E-state index contributed by atoms with van der Waals surface area (Å²) < 4.78 is 12.7. The third-order valence-corrected chi connectivity index (χ3v) is 2.33. The molecule has 0 heterocycles. The Kier molecular flexibility index (Phi) is 4.99. The van der Waals surface area contributed by atoms with E-state index in [4.69, 9.17) is 11.6 Å². The van der Waals surface area contributed by atoms with Crippen LogP contribution in [0.4, 0.5) is 4.39 Å². The van der Waals surface area contributed by atoms with Gasteiger partial charge in [0.15, 0.2) is 0 Å². The van der Waals surface area contributed by atoms with Gasteiger partial charge in [-0.3, -0.25) is 4.79 Å². The molecule has 0 aromatic heterocycles. The van der Waals surface area contributed by atoms with Gasteiger partial charge in [0, 0.05) is 13.1 Å². The Balaban J connectivity index is 2.71. The van der Waals surface area contributed by atoms with Gasteiger partial charge >= 0.3 is 0 Å². The summed E-state index contributed by atoms with van der Waals surface area (Å²) in [4.78, 5) is 13.0. The zero-order valence-corrected chi connectivity index (χ0v) is 9.58. The summed E-state index contributed by atoms with van der Waals surface area (Å²) in [6, 6.07) is 6.03. The lowest BCUT2D eigenvalue weighted by atomic mass is 10.2. The Morgan fingerprint density at radius 2 is 2.06 bits per heavy atom. The first kappa shape index (κ1) is 12.7. The number of carbonyl (C=O) groups excluding carboxylic acids is 1. The van der Waals surface area contributed by atoms with E-state index in [0.29, 0.717) is 13.1 Å². The van der Waals surface area contributed by atoms with Crippen LogP contribution in [-0.2, 0) is 11.3 Å². The Morgan fingerprint density at radius 1 is 1.44 bits per heavy atom. The number of benzene rings is 1. The van der Waals surface area contributed by atoms with Crippen LogP contribution >= 0.6 is 11.6 Å². The molecule has 0 unspecified atom stereocenters. The molecule has 1 rings (SSSR count). The maximum Gasteiger partial charge on any atom is 0.238 e. The van der Waals surface area contributed by atoms with Crippen LogP contribution in [0.2, 0.25) is 0 Å². The van der Waals surface area contributed by atoms with Crippen molar-refractivity contribution in [2.45, 2.75) is 6.54 Å². The highest BCUT2D eigenvalue weighted by Crippen LogP contribution is 2.07. The van der Waals surface area contributed by atoms with Crippen molar-refractivity contribution in [1.82, 2.24) is 4.90 Å². The van der Waals surface area contributed by atoms with Crippen molar-refractivity contribution in [1.29, 1.82) is 0 Å². The molecule has 16 heavy (non-hydrogen) atoms. The molecule has 1 aromatic carbocycles. The largest absolute Gasteiger partial charge is 0.334 e. The Morgan fingerprint density at radius 3 is 2.56 bits per heavy atom. The van der Waals surface area contributed by atoms with Crippen molar-refractivity contribution >= 4 is 17.5 Å². The van der Waals surface area contributed by atoms with Crippen LogP contribution in [0.15, 0.2) is 36.9 Å². The second kappa shape index (κ2) is 6.28. The summed E-state index contributed by atoms with van der Waals surface area (Å²) in [5.74, 6) is -0.511. The summed E-state index contributed by atoms with van der Waals surface area (Å²) >= 11 is 5.49. The first-order valence-electron chi connectivity index (χ1n) is 4.86. The molecular weight excluding hydrogens is 229 g/mol. The standard InChI is InChI=1S/C12H13ClFNO/c1-2-7-15(12(16)8-13)9-10-3-5-11(14)6-4-10/h2-6H,1,7-9H2. The van der Waals surface area contributed by atoms with E-state index >= 15 is 0 Å². The van der Waals surface area contributed by atoms with Crippen LogP contribution in [0, 0.1) is 5.82 Å². The molecule has 0 saturated carbocycles. The Labute approximate surface area is 99.3 Å². The Bertz CT molecular complexity index is 364. The van der Waals surface area contributed by atoms with E-state index in [1.54, 1.807) is 23.1 Å². The number of amides is 1. The minimum atomic E-state index is -0.289. The van der Waals surface area contributed by atoms with Crippen molar-refractivity contribution in [3.8, 4) is 0 Å². The lowest BCUT2D eigenvalue weighted by Gasteiger charge is -2.20. The van der Waals surface area contributed by atoms with Gasteiger partial charge in [0.25, 0.3) is 0 Å². The molecule has 1 amide bonds. The molecule has 0 aliphatic heterocycles. The van der Waals surface area contributed by atoms with Crippen LogP contribution in [0.25, 0.3) is 0 Å². The lowest BCUT2D eigenvalue weighted by Crippen LogP contribution is -2.31. The second-order valence-corrected chi connectivity index (χ2v) is 3.59. The van der Waals surface area contributed by atoms with Crippen LogP contribution in [0.3, 0.4) is 0 Å². The second-order valence-electron chi connectivity index (χ2n) is 3.32. The highest BCUT2D eigenvalue weighted by molar-refractivity contribution is 6.27. The van der Waals surface area contributed by atoms with Gasteiger partial charge in [-0.1, -0.05) is 18.2 Å². The maximum atomic E-state index is 12.7. The van der Waals surface area contributed by atoms with Gasteiger partial charge in [0.1, 0.15) is 11.7 Å². The van der Waals surface area contributed by atoms with Gasteiger partial charge in [-0.2, -0.15) is 0 Å². The third kappa shape index (κ3) is 3.66. The molecular formula is C12H13ClFNO. The van der Waals surface area contributed by atoms with E-state index in [-0.39, 0.29) is 17.6 Å². The van der Waals surface area contributed by atoms with Crippen molar-refractivity contribution in [2.75, 3.05) is 12.4 Å². The van der Waals surface area contributed by atoms with Gasteiger partial charge in [-0.25, -0.2) is 4.39 Å². The number of nitrogens with zero attached hydrogens (tertiary/aromatic N) is 1. The topological polar surface area (TPSA) is 20.3 Å². The van der Waals surface area contributed by atoms with Crippen LogP contribution in [0.5, 0.6) is 0 Å². The summed E-state index contributed by atoms with van der Waals surface area (Å²) in [7, 11) is 0. The SMILES string of the molecule is C=CCN(Cc1ccc(F)cc1)C(=O)CCl. The van der Waals surface area contributed by atoms with E-state index < -0.39 is 0 Å². The van der Waals surface area contributed by atoms with Crippen molar-refractivity contribution in [2.24, 2.45) is 0 Å². The van der Waals surface area contributed by atoms with E-state index in [9.17, 15) is 9.18 Å². The van der Waals surface area contributed by atoms with E-state index in [1.807, 2.05) is 0 Å². The molecule has 0 radical (unpaired) electrons. The smallest absolute Gasteiger partial charge is 0.238 e. The highest BCUT2D eigenvalue weighted by Gasteiger charge is 2.10. The molecule has 0 aliphatic carbocycles. The zero-order valence-electron chi connectivity index (χ0n) is 8.83. The van der Waals surface area contributed by atoms with Gasteiger partial charge < -0.3 is 4.90 Å². The Hall–Kier alpha value is -1.35. The van der Waals surface area contributed by atoms with Crippen molar-refractivity contribution in [3.05, 3.63) is 48.3 Å². The van der Waals surface area contributed by atoms with Crippen LogP contribution < -0.4 is 0 Å². The van der Waals surface area contributed by atoms with Crippen molar-refractivity contribution in [3.63, 3.8) is 0 Å². The highest BCUT2D eigenvalue weighted by atomic mass is 35.5. The number of alkyl halides is 1. The summed E-state index contributed by atoms with van der Waals surface area (Å²) in [6.07, 6.45) is 1.63. The monoisotopic (exact) mass is 241 g/mol. The van der Waals surface area contributed by atoms with Crippen LogP contribution in [0.1, 0.15) is 5.56 Å². The fourth-order valence-electron chi connectivity index (χ4n) is 1.31. The molecule has 0 bridgehead atoms. The molecule has 0 spiro atoms.